The number of ether oxygens (including phenoxy) is 1. The quantitative estimate of drug-likeness (QED) is 0.491. The average molecular weight is 414 g/mol. The molecule has 0 spiro atoms. The fraction of sp³-hybridized carbons (Fsp3) is 0.217. The van der Waals surface area contributed by atoms with Crippen LogP contribution in [0.5, 0.6) is 5.75 Å². The first kappa shape index (κ1) is 19.0. The van der Waals surface area contributed by atoms with Gasteiger partial charge in [-0.1, -0.05) is 6.07 Å². The lowest BCUT2D eigenvalue weighted by molar-refractivity contribution is 0.415. The number of methoxy groups -OCH3 is 1. The fourth-order valence-corrected chi connectivity index (χ4v) is 3.69. The fourth-order valence-electron chi connectivity index (χ4n) is 3.69. The highest BCUT2D eigenvalue weighted by Gasteiger charge is 2.23. The van der Waals surface area contributed by atoms with Crippen LogP contribution in [0.1, 0.15) is 0 Å². The smallest absolute Gasteiger partial charge is 0.251 e. The van der Waals surface area contributed by atoms with Crippen molar-refractivity contribution in [2.24, 2.45) is 0 Å². The van der Waals surface area contributed by atoms with Crippen molar-refractivity contribution in [3.63, 3.8) is 0 Å². The van der Waals surface area contributed by atoms with Gasteiger partial charge in [0.15, 0.2) is 0 Å². The van der Waals surface area contributed by atoms with Gasteiger partial charge in [0.25, 0.3) is 5.89 Å². The molecule has 0 bridgehead atoms. The third kappa shape index (κ3) is 3.92. The van der Waals surface area contributed by atoms with E-state index in [2.05, 4.69) is 30.0 Å². The van der Waals surface area contributed by atoms with E-state index in [0.29, 0.717) is 11.8 Å². The summed E-state index contributed by atoms with van der Waals surface area (Å²) in [5, 5.41) is 8.52. The Labute approximate surface area is 180 Å². The van der Waals surface area contributed by atoms with E-state index in [0.717, 1.165) is 54.7 Å². The van der Waals surface area contributed by atoms with Gasteiger partial charge in [-0.15, -0.1) is 10.2 Å². The van der Waals surface area contributed by atoms with Crippen LogP contribution in [0.3, 0.4) is 0 Å². The maximum Gasteiger partial charge on any atom is 0.251 e. The molecule has 0 radical (unpaired) electrons. The van der Waals surface area contributed by atoms with Crippen molar-refractivity contribution in [3.8, 4) is 28.7 Å². The van der Waals surface area contributed by atoms with Crippen molar-refractivity contribution in [1.29, 1.82) is 0 Å². The summed E-state index contributed by atoms with van der Waals surface area (Å²) in [4.78, 5) is 13.6. The predicted molar refractivity (Wildman–Crippen MR) is 118 cm³/mol. The Morgan fingerprint density at radius 1 is 0.774 bits per heavy atom. The van der Waals surface area contributed by atoms with Crippen LogP contribution in [-0.2, 0) is 0 Å². The molecule has 4 heterocycles. The second kappa shape index (κ2) is 8.43. The normalized spacial score (nSPS) is 14.0. The SMILES string of the molecule is COc1ccc(-c2nnc(-c3cccnc3N3CCN(c4ccccn4)CC3)o2)cc1. The number of aromatic nitrogens is 4. The first-order valence-corrected chi connectivity index (χ1v) is 10.2. The Bertz CT molecular complexity index is 1140. The van der Waals surface area contributed by atoms with Crippen molar-refractivity contribution < 1.29 is 9.15 Å². The zero-order chi connectivity index (χ0) is 21.0. The van der Waals surface area contributed by atoms with E-state index in [1.165, 1.54) is 0 Å². The van der Waals surface area contributed by atoms with E-state index in [1.807, 2.05) is 60.8 Å². The van der Waals surface area contributed by atoms with Gasteiger partial charge in [-0.2, -0.15) is 0 Å². The topological polar surface area (TPSA) is 80.4 Å². The summed E-state index contributed by atoms with van der Waals surface area (Å²) in [6.07, 6.45) is 3.62. The van der Waals surface area contributed by atoms with E-state index in [4.69, 9.17) is 9.15 Å². The Morgan fingerprint density at radius 2 is 1.52 bits per heavy atom. The van der Waals surface area contributed by atoms with Crippen molar-refractivity contribution in [1.82, 2.24) is 20.2 Å². The van der Waals surface area contributed by atoms with Crippen LogP contribution in [0.4, 0.5) is 11.6 Å². The van der Waals surface area contributed by atoms with Crippen LogP contribution < -0.4 is 14.5 Å². The predicted octanol–water partition coefficient (Wildman–Crippen LogP) is 3.53. The first-order chi connectivity index (χ1) is 15.3. The number of rotatable bonds is 5. The lowest BCUT2D eigenvalue weighted by Crippen LogP contribution is -2.47. The summed E-state index contributed by atoms with van der Waals surface area (Å²) >= 11 is 0. The van der Waals surface area contributed by atoms with Crippen molar-refractivity contribution in [2.45, 2.75) is 0 Å². The third-order valence-corrected chi connectivity index (χ3v) is 5.33. The Morgan fingerprint density at radius 3 is 2.26 bits per heavy atom. The van der Waals surface area contributed by atoms with Crippen LogP contribution in [0.2, 0.25) is 0 Å². The molecular weight excluding hydrogens is 392 g/mol. The summed E-state index contributed by atoms with van der Waals surface area (Å²) in [5.74, 6) is 3.56. The first-order valence-electron chi connectivity index (χ1n) is 10.2. The van der Waals surface area contributed by atoms with Gasteiger partial charge in [0, 0.05) is 44.1 Å². The van der Waals surface area contributed by atoms with Gasteiger partial charge in [0.05, 0.1) is 12.7 Å². The van der Waals surface area contributed by atoms with Crippen LogP contribution in [0.15, 0.2) is 71.4 Å². The number of benzene rings is 1. The molecule has 0 unspecified atom stereocenters. The molecule has 0 aliphatic carbocycles. The summed E-state index contributed by atoms with van der Waals surface area (Å²) in [6.45, 7) is 3.40. The lowest BCUT2D eigenvalue weighted by Gasteiger charge is -2.36. The molecule has 4 aromatic rings. The molecule has 8 nitrogen and oxygen atoms in total. The molecule has 1 saturated heterocycles. The molecule has 0 amide bonds. The molecule has 5 rings (SSSR count). The van der Waals surface area contributed by atoms with Gasteiger partial charge in [-0.3, -0.25) is 0 Å². The van der Waals surface area contributed by atoms with E-state index in [9.17, 15) is 0 Å². The van der Waals surface area contributed by atoms with E-state index in [-0.39, 0.29) is 0 Å². The maximum absolute atomic E-state index is 6.00. The molecule has 3 aromatic heterocycles. The highest BCUT2D eigenvalue weighted by atomic mass is 16.5. The van der Waals surface area contributed by atoms with Gasteiger partial charge >= 0.3 is 0 Å². The standard InChI is InChI=1S/C23H22N6O2/c1-30-18-9-7-17(8-10-18)22-26-27-23(31-22)19-5-4-12-25-21(19)29-15-13-28(14-16-29)20-6-2-3-11-24-20/h2-12H,13-16H2,1H3. The molecule has 1 aliphatic heterocycles. The molecule has 1 aliphatic rings. The Hall–Kier alpha value is -3.94. The minimum Gasteiger partial charge on any atom is -0.497 e. The number of hydrogen-bond acceptors (Lipinski definition) is 8. The largest absolute Gasteiger partial charge is 0.497 e. The van der Waals surface area contributed by atoms with Gasteiger partial charge < -0.3 is 19.0 Å². The summed E-state index contributed by atoms with van der Waals surface area (Å²) in [7, 11) is 1.64. The van der Waals surface area contributed by atoms with Crippen LogP contribution in [0, 0.1) is 0 Å². The summed E-state index contributed by atoms with van der Waals surface area (Å²) < 4.78 is 11.2. The summed E-state index contributed by atoms with van der Waals surface area (Å²) in [5.41, 5.74) is 1.68. The third-order valence-electron chi connectivity index (χ3n) is 5.33. The molecule has 8 heteroatoms. The highest BCUT2D eigenvalue weighted by Crippen LogP contribution is 2.31. The van der Waals surface area contributed by atoms with E-state index < -0.39 is 0 Å². The molecule has 31 heavy (non-hydrogen) atoms. The second-order valence-corrected chi connectivity index (χ2v) is 7.18. The van der Waals surface area contributed by atoms with Gasteiger partial charge in [0.1, 0.15) is 17.4 Å². The zero-order valence-corrected chi connectivity index (χ0v) is 17.2. The van der Waals surface area contributed by atoms with Crippen molar-refractivity contribution >= 4 is 11.6 Å². The van der Waals surface area contributed by atoms with Crippen LogP contribution in [-0.4, -0.2) is 53.5 Å². The number of piperazine rings is 1. The minimum absolute atomic E-state index is 0.459. The molecule has 1 aromatic carbocycles. The number of anilines is 2. The van der Waals surface area contributed by atoms with Crippen molar-refractivity contribution in [3.05, 3.63) is 67.0 Å². The number of pyridine rings is 2. The van der Waals surface area contributed by atoms with E-state index in [1.54, 1.807) is 13.3 Å². The Balaban J connectivity index is 1.36. The second-order valence-electron chi connectivity index (χ2n) is 7.18. The molecular formula is C23H22N6O2. The molecule has 0 N–H and O–H groups in total. The average Bonchev–Trinajstić information content (AvgIpc) is 3.35. The van der Waals surface area contributed by atoms with Gasteiger partial charge in [-0.25, -0.2) is 9.97 Å². The zero-order valence-electron chi connectivity index (χ0n) is 17.2. The van der Waals surface area contributed by atoms with Crippen LogP contribution >= 0.6 is 0 Å². The number of hydrogen-bond donors (Lipinski definition) is 0. The van der Waals surface area contributed by atoms with E-state index >= 15 is 0 Å². The molecule has 156 valence electrons. The summed E-state index contributed by atoms with van der Waals surface area (Å²) in [6, 6.07) is 17.4. The molecule has 1 fully saturated rings. The monoisotopic (exact) mass is 414 g/mol. The Kier molecular flexibility index (Phi) is 5.18. The lowest BCUT2D eigenvalue weighted by atomic mass is 10.2. The maximum atomic E-state index is 6.00. The van der Waals surface area contributed by atoms with Gasteiger partial charge in [0.2, 0.25) is 5.89 Å². The van der Waals surface area contributed by atoms with Crippen LogP contribution in [0.25, 0.3) is 22.9 Å². The molecule has 0 atom stereocenters. The molecule has 0 saturated carbocycles. The van der Waals surface area contributed by atoms with Crippen molar-refractivity contribution in [2.75, 3.05) is 43.1 Å². The minimum atomic E-state index is 0.459. The number of nitrogens with zero attached hydrogens (tertiary/aromatic N) is 6. The highest BCUT2D eigenvalue weighted by molar-refractivity contribution is 5.71. The van der Waals surface area contributed by atoms with Gasteiger partial charge in [-0.05, 0) is 48.5 Å².